The second-order valence-electron chi connectivity index (χ2n) is 17.7. The van der Waals surface area contributed by atoms with Crippen LogP contribution in [0.5, 0.6) is 0 Å². The fraction of sp³-hybridized carbons (Fsp3) is 0.642. The Morgan fingerprint density at radius 2 is 1.46 bits per heavy atom. The van der Waals surface area contributed by atoms with E-state index in [-0.39, 0.29) is 24.0 Å². The summed E-state index contributed by atoms with van der Waals surface area (Å²) in [6, 6.07) is 24.1. The lowest BCUT2D eigenvalue weighted by atomic mass is 9.86. The van der Waals surface area contributed by atoms with E-state index in [0.29, 0.717) is 31.8 Å². The number of anilines is 2. The number of carbonyl (C=O) groups excluding carboxylic acids is 1. The lowest BCUT2D eigenvalue weighted by Crippen LogP contribution is -2.49. The standard InChI is InChI=1S/C36H58N4O6S.C11H17N.2C3H8/c1-5-7-17-36(18-8-6-2)24-47-31-16-15-27(40(3)4)21-28(31)33(39-36)25-12-11-13-26(20-25)38-32(44)14-9-10-19-37-22-29(42)34(45)35(46)30(43)23-41;1-4-11(12-3)10-7-5-6-9(2)8-10;2*1-3-2/h11-13,15-16,20-21,29-30,33-35,37,39,41-43,45-46H,5-10,14,17-19,22-24H2,1-4H3,(H,38,44);5-8,11-12H,4H2,1-3H3;2*3H2,1-2H3/t29-,30?,33?,34+,35+;11-;;/m00../s1. The van der Waals surface area contributed by atoms with E-state index < -0.39 is 31.0 Å². The van der Waals surface area contributed by atoms with Crippen molar-refractivity contribution in [1.29, 1.82) is 0 Å². The Labute approximate surface area is 399 Å². The van der Waals surface area contributed by atoms with E-state index in [1.165, 1.54) is 47.3 Å². The summed E-state index contributed by atoms with van der Waals surface area (Å²) in [4.78, 5) is 16.3. The highest BCUT2D eigenvalue weighted by atomic mass is 32.2. The maximum absolute atomic E-state index is 12.9. The molecule has 0 saturated carbocycles. The first-order chi connectivity index (χ1) is 31.1. The molecule has 9 N–H and O–H groups in total. The normalized spacial score (nSPS) is 16.3. The molecule has 0 fully saturated rings. The Morgan fingerprint density at radius 3 is 2.03 bits per heavy atom. The van der Waals surface area contributed by atoms with Crippen LogP contribution in [0, 0.1) is 6.92 Å². The number of nitrogens with zero attached hydrogens (tertiary/aromatic N) is 1. The van der Waals surface area contributed by atoms with Crippen LogP contribution < -0.4 is 26.2 Å². The molecule has 12 heteroatoms. The number of fused-ring (bicyclic) bond motifs is 1. The third-order valence-corrected chi connectivity index (χ3v) is 12.6. The number of amides is 1. The molecule has 65 heavy (non-hydrogen) atoms. The van der Waals surface area contributed by atoms with Gasteiger partial charge in [0.15, 0.2) is 0 Å². The van der Waals surface area contributed by atoms with Crippen molar-refractivity contribution in [2.24, 2.45) is 0 Å². The molecule has 0 aliphatic carbocycles. The van der Waals surface area contributed by atoms with E-state index in [2.05, 4.69) is 150 Å². The number of aliphatic hydroxyl groups excluding tert-OH is 5. The lowest BCUT2D eigenvalue weighted by Gasteiger charge is -2.37. The van der Waals surface area contributed by atoms with E-state index in [4.69, 9.17) is 5.11 Å². The molecule has 6 atom stereocenters. The molecule has 1 aliphatic heterocycles. The average molecular weight is 926 g/mol. The fourth-order valence-corrected chi connectivity index (χ4v) is 8.81. The van der Waals surface area contributed by atoms with Crippen molar-refractivity contribution in [3.8, 4) is 0 Å². The minimum Gasteiger partial charge on any atom is -0.394 e. The van der Waals surface area contributed by atoms with E-state index >= 15 is 0 Å². The third kappa shape index (κ3) is 22.1. The van der Waals surface area contributed by atoms with Crippen LogP contribution in [0.25, 0.3) is 0 Å². The van der Waals surface area contributed by atoms with Gasteiger partial charge in [-0.1, -0.05) is 129 Å². The molecule has 370 valence electrons. The van der Waals surface area contributed by atoms with Gasteiger partial charge in [-0.15, -0.1) is 11.8 Å². The quantitative estimate of drug-likeness (QED) is 0.0416. The van der Waals surface area contributed by atoms with Crippen molar-refractivity contribution in [1.82, 2.24) is 16.0 Å². The van der Waals surface area contributed by atoms with Crippen LogP contribution in [0.1, 0.15) is 160 Å². The highest BCUT2D eigenvalue weighted by molar-refractivity contribution is 7.99. The van der Waals surface area contributed by atoms with Crippen molar-refractivity contribution in [2.75, 3.05) is 56.8 Å². The molecule has 11 nitrogen and oxygen atoms in total. The van der Waals surface area contributed by atoms with Gasteiger partial charge < -0.3 is 46.4 Å². The fourth-order valence-electron chi connectivity index (χ4n) is 7.50. The van der Waals surface area contributed by atoms with Crippen LogP contribution in [0.2, 0.25) is 0 Å². The van der Waals surface area contributed by atoms with Crippen molar-refractivity contribution >= 4 is 29.0 Å². The molecule has 0 saturated heterocycles. The van der Waals surface area contributed by atoms with Crippen LogP contribution >= 0.6 is 11.8 Å². The minimum atomic E-state index is -1.65. The average Bonchev–Trinajstić information content (AvgIpc) is 3.46. The Kier molecular flexibility index (Phi) is 31.6. The first-order valence-electron chi connectivity index (χ1n) is 24.5. The molecule has 0 spiro atoms. The second kappa shape index (κ2) is 34.3. The number of nitrogens with one attached hydrogen (secondary N) is 4. The van der Waals surface area contributed by atoms with Crippen molar-refractivity contribution in [3.05, 3.63) is 89.0 Å². The number of rotatable bonds is 23. The largest absolute Gasteiger partial charge is 0.394 e. The lowest BCUT2D eigenvalue weighted by molar-refractivity contribution is -0.116. The van der Waals surface area contributed by atoms with Gasteiger partial charge >= 0.3 is 0 Å². The van der Waals surface area contributed by atoms with Gasteiger partial charge in [-0.05, 0) is 99.6 Å². The molecule has 4 rings (SSSR count). The van der Waals surface area contributed by atoms with Crippen LogP contribution in [0.4, 0.5) is 11.4 Å². The Hall–Kier alpha value is -3.04. The monoisotopic (exact) mass is 926 g/mol. The number of hydrogen-bond donors (Lipinski definition) is 9. The Bertz CT molecular complexity index is 1680. The van der Waals surface area contributed by atoms with Gasteiger partial charge in [0.2, 0.25) is 5.91 Å². The van der Waals surface area contributed by atoms with Gasteiger partial charge in [-0.2, -0.15) is 0 Å². The Morgan fingerprint density at radius 1 is 0.831 bits per heavy atom. The second-order valence-corrected chi connectivity index (χ2v) is 18.7. The van der Waals surface area contributed by atoms with Gasteiger partial charge in [0.1, 0.15) is 18.3 Å². The number of carbonyl (C=O) groups is 1. The SMILES string of the molecule is CCC.CCC.CCCCC1(CCCC)CSc2ccc(N(C)C)cc2C(c2cccc(NC(=O)CCCCNC[C@H](O)[C@@H](O)[C@H](O)C(O)CO)c2)N1.CC[C@H](NC)c1cccc(C)c1. The highest BCUT2D eigenvalue weighted by Crippen LogP contribution is 2.43. The van der Waals surface area contributed by atoms with Crippen molar-refractivity contribution in [2.45, 2.75) is 179 Å². The van der Waals surface area contributed by atoms with E-state index in [1.807, 2.05) is 30.9 Å². The topological polar surface area (TPSA) is 170 Å². The van der Waals surface area contributed by atoms with Gasteiger partial charge in [-0.25, -0.2) is 0 Å². The number of benzene rings is 3. The maximum atomic E-state index is 12.9. The summed E-state index contributed by atoms with van der Waals surface area (Å²) in [6.07, 6.45) is 6.11. The summed E-state index contributed by atoms with van der Waals surface area (Å²) >= 11 is 1.96. The first-order valence-corrected chi connectivity index (χ1v) is 25.5. The van der Waals surface area contributed by atoms with Gasteiger partial charge in [0.05, 0.1) is 18.8 Å². The maximum Gasteiger partial charge on any atom is 0.224 e. The summed E-state index contributed by atoms with van der Waals surface area (Å²) in [5.41, 5.74) is 7.06. The van der Waals surface area contributed by atoms with Crippen LogP contribution in [0.3, 0.4) is 0 Å². The smallest absolute Gasteiger partial charge is 0.224 e. The van der Waals surface area contributed by atoms with Crippen LogP contribution in [-0.4, -0.2) is 108 Å². The molecule has 0 aromatic heterocycles. The summed E-state index contributed by atoms with van der Waals surface area (Å²) < 4.78 is 0. The van der Waals surface area contributed by atoms with Crippen molar-refractivity contribution < 1.29 is 30.3 Å². The predicted molar refractivity (Wildman–Crippen MR) is 276 cm³/mol. The number of aliphatic hydroxyl groups is 5. The Balaban J connectivity index is 0.000000979. The van der Waals surface area contributed by atoms with Gasteiger partial charge in [0, 0.05) is 60.7 Å². The molecule has 2 unspecified atom stereocenters. The van der Waals surface area contributed by atoms with Crippen LogP contribution in [0.15, 0.2) is 71.6 Å². The zero-order chi connectivity index (χ0) is 48.8. The molecule has 1 amide bonds. The van der Waals surface area contributed by atoms with Gasteiger partial charge in [0.25, 0.3) is 0 Å². The van der Waals surface area contributed by atoms with Crippen molar-refractivity contribution in [3.63, 3.8) is 0 Å². The first kappa shape index (κ1) is 60.0. The molecule has 0 radical (unpaired) electrons. The number of unbranched alkanes of at least 4 members (excludes halogenated alkanes) is 3. The highest BCUT2D eigenvalue weighted by Gasteiger charge is 2.37. The van der Waals surface area contributed by atoms with E-state index in [1.54, 1.807) is 0 Å². The van der Waals surface area contributed by atoms with E-state index in [9.17, 15) is 25.2 Å². The van der Waals surface area contributed by atoms with Crippen LogP contribution in [-0.2, 0) is 4.79 Å². The molecule has 0 bridgehead atoms. The summed E-state index contributed by atoms with van der Waals surface area (Å²) in [7, 11) is 6.15. The molecule has 1 aliphatic rings. The van der Waals surface area contributed by atoms with Gasteiger partial charge in [-0.3, -0.25) is 10.1 Å². The zero-order valence-corrected chi connectivity index (χ0v) is 42.9. The molecule has 1 heterocycles. The summed E-state index contributed by atoms with van der Waals surface area (Å²) in [6.45, 7) is 17.1. The molecular formula is C53H91N5O6S. The molecule has 3 aromatic rings. The zero-order valence-electron chi connectivity index (χ0n) is 42.1. The summed E-state index contributed by atoms with van der Waals surface area (Å²) in [5.74, 6) is 0.955. The minimum absolute atomic E-state index is 0.000409. The number of thioether (sulfide) groups is 1. The summed E-state index contributed by atoms with van der Waals surface area (Å²) in [5, 5.41) is 61.6. The number of hydrogen-bond acceptors (Lipinski definition) is 11. The molecular weight excluding hydrogens is 835 g/mol. The van der Waals surface area contributed by atoms with E-state index in [0.717, 1.165) is 54.8 Å². The number of aryl methyl sites for hydroxylation is 1. The molecule has 3 aromatic carbocycles. The third-order valence-electron chi connectivity index (χ3n) is 11.2. The predicted octanol–water partition coefficient (Wildman–Crippen LogP) is 9.29.